The van der Waals surface area contributed by atoms with Crippen molar-refractivity contribution < 1.29 is 14.7 Å². The van der Waals surface area contributed by atoms with E-state index in [0.29, 0.717) is 22.8 Å². The van der Waals surface area contributed by atoms with Crippen LogP contribution in [0.15, 0.2) is 71.7 Å². The van der Waals surface area contributed by atoms with Gasteiger partial charge in [-0.1, -0.05) is 48.0 Å². The van der Waals surface area contributed by atoms with Crippen molar-refractivity contribution in [1.82, 2.24) is 10.2 Å². The molecule has 1 atom stereocenters. The molecule has 2 aliphatic rings. The Labute approximate surface area is 221 Å². The number of halogens is 1. The number of hydrogen-bond donors (Lipinski definition) is 3. The molecule has 1 unspecified atom stereocenters. The number of carbonyl (C=O) groups is 2. The maximum Gasteiger partial charge on any atom is 0.303 e. The van der Waals surface area contributed by atoms with Crippen LogP contribution in [-0.2, 0) is 22.6 Å². The summed E-state index contributed by atoms with van der Waals surface area (Å²) in [6.45, 7) is 4.97. The van der Waals surface area contributed by atoms with Gasteiger partial charge in [-0.25, -0.2) is 0 Å². The number of fused-ring (bicyclic) bond motifs is 1. The van der Waals surface area contributed by atoms with E-state index in [2.05, 4.69) is 27.7 Å². The summed E-state index contributed by atoms with van der Waals surface area (Å²) >= 11 is 6.17. The molecule has 1 fully saturated rings. The van der Waals surface area contributed by atoms with Crippen LogP contribution in [0.4, 0.5) is 11.4 Å². The van der Waals surface area contributed by atoms with Crippen LogP contribution >= 0.6 is 11.6 Å². The quantitative estimate of drug-likeness (QED) is 0.380. The lowest BCUT2D eigenvalue weighted by molar-refractivity contribution is -0.137. The third-order valence-corrected chi connectivity index (χ3v) is 7.01. The molecular formula is C29H29ClN4O3. The molecule has 1 amide bonds. The summed E-state index contributed by atoms with van der Waals surface area (Å²) in [7, 11) is 0. The van der Waals surface area contributed by atoms with Gasteiger partial charge in [0.05, 0.1) is 11.4 Å². The van der Waals surface area contributed by atoms with Gasteiger partial charge in [-0.3, -0.25) is 19.5 Å². The smallest absolute Gasteiger partial charge is 0.303 e. The lowest BCUT2D eigenvalue weighted by Gasteiger charge is -2.27. The van der Waals surface area contributed by atoms with E-state index in [9.17, 15) is 9.59 Å². The number of hydrogen-bond acceptors (Lipinski definition) is 5. The van der Waals surface area contributed by atoms with Crippen LogP contribution in [0.25, 0.3) is 0 Å². The third kappa shape index (κ3) is 6.07. The average Bonchev–Trinajstić information content (AvgIpc) is 3.22. The van der Waals surface area contributed by atoms with Crippen LogP contribution in [0.1, 0.15) is 34.6 Å². The van der Waals surface area contributed by atoms with E-state index in [1.165, 1.54) is 5.56 Å². The zero-order chi connectivity index (χ0) is 25.8. The normalized spacial score (nSPS) is 17.9. The Hall–Kier alpha value is -3.52. The molecular weight excluding hydrogens is 488 g/mol. The standard InChI is InChI=1S/C29H29ClN4O3/c30-22-7-10-24-25(17-22)33-29(37)27(24)28(21-3-1-2-19(16-21)6-11-26(35)36)32-23-8-4-20(5-9-23)18-34-14-12-31-13-15-34/h1-5,7-10,16-17,27,31H,6,11-15,18H2,(H,33,37)(H,35,36). The van der Waals surface area contributed by atoms with E-state index in [-0.39, 0.29) is 12.3 Å². The Morgan fingerprint density at radius 2 is 1.81 bits per heavy atom. The van der Waals surface area contributed by atoms with Crippen molar-refractivity contribution in [3.05, 3.63) is 94.0 Å². The topological polar surface area (TPSA) is 94.0 Å². The van der Waals surface area contributed by atoms with E-state index >= 15 is 0 Å². The van der Waals surface area contributed by atoms with E-state index in [1.54, 1.807) is 12.1 Å². The number of rotatable bonds is 8. The third-order valence-electron chi connectivity index (χ3n) is 6.77. The summed E-state index contributed by atoms with van der Waals surface area (Å²) in [5.41, 5.74) is 5.76. The van der Waals surface area contributed by atoms with Gasteiger partial charge < -0.3 is 15.7 Å². The molecule has 2 aliphatic heterocycles. The van der Waals surface area contributed by atoms with Crippen LogP contribution in [0.3, 0.4) is 0 Å². The minimum absolute atomic E-state index is 0.0374. The van der Waals surface area contributed by atoms with E-state index < -0.39 is 11.9 Å². The molecule has 0 bridgehead atoms. The van der Waals surface area contributed by atoms with Gasteiger partial charge in [-0.2, -0.15) is 0 Å². The minimum atomic E-state index is -0.846. The lowest BCUT2D eigenvalue weighted by atomic mass is 9.89. The Morgan fingerprint density at radius 3 is 2.57 bits per heavy atom. The van der Waals surface area contributed by atoms with Crippen molar-refractivity contribution in [1.29, 1.82) is 0 Å². The number of aryl methyl sites for hydroxylation is 1. The van der Waals surface area contributed by atoms with Crippen molar-refractivity contribution in [3.8, 4) is 0 Å². The number of aliphatic carboxylic acids is 1. The Morgan fingerprint density at radius 1 is 1.03 bits per heavy atom. The van der Waals surface area contributed by atoms with Crippen molar-refractivity contribution in [2.24, 2.45) is 4.99 Å². The molecule has 3 aromatic carbocycles. The molecule has 3 N–H and O–H groups in total. The molecule has 3 aromatic rings. The van der Waals surface area contributed by atoms with Crippen LogP contribution in [0.2, 0.25) is 5.02 Å². The zero-order valence-electron chi connectivity index (χ0n) is 20.4. The Balaban J connectivity index is 1.50. The molecule has 7 nitrogen and oxygen atoms in total. The fourth-order valence-corrected chi connectivity index (χ4v) is 5.05. The van der Waals surface area contributed by atoms with Gasteiger partial charge in [-0.05, 0) is 59.0 Å². The molecule has 0 spiro atoms. The van der Waals surface area contributed by atoms with Gasteiger partial charge in [0.15, 0.2) is 0 Å². The Bertz CT molecular complexity index is 1330. The molecule has 5 rings (SSSR count). The first kappa shape index (κ1) is 25.1. The number of carboxylic acid groups (broad SMARTS) is 1. The highest BCUT2D eigenvalue weighted by Crippen LogP contribution is 2.38. The molecule has 2 heterocycles. The van der Waals surface area contributed by atoms with Crippen LogP contribution in [0, 0.1) is 0 Å². The molecule has 0 aromatic heterocycles. The minimum Gasteiger partial charge on any atom is -0.481 e. The summed E-state index contributed by atoms with van der Waals surface area (Å²) in [6, 6.07) is 21.2. The number of benzene rings is 3. The Kier molecular flexibility index (Phi) is 7.65. The fourth-order valence-electron chi connectivity index (χ4n) is 4.88. The number of piperazine rings is 1. The number of anilines is 1. The maximum absolute atomic E-state index is 13.2. The molecule has 1 saturated heterocycles. The van der Waals surface area contributed by atoms with Crippen molar-refractivity contribution in [3.63, 3.8) is 0 Å². The molecule has 0 saturated carbocycles. The summed E-state index contributed by atoms with van der Waals surface area (Å²) in [5.74, 6) is -1.62. The lowest BCUT2D eigenvalue weighted by Crippen LogP contribution is -2.42. The van der Waals surface area contributed by atoms with E-state index in [1.807, 2.05) is 42.5 Å². The molecule has 8 heteroatoms. The van der Waals surface area contributed by atoms with Gasteiger partial charge in [0.2, 0.25) is 5.91 Å². The maximum atomic E-state index is 13.2. The predicted octanol–water partition coefficient (Wildman–Crippen LogP) is 4.62. The average molecular weight is 517 g/mol. The highest BCUT2D eigenvalue weighted by atomic mass is 35.5. The molecule has 37 heavy (non-hydrogen) atoms. The van der Waals surface area contributed by atoms with E-state index in [0.717, 1.165) is 55.1 Å². The number of carboxylic acids is 1. The zero-order valence-corrected chi connectivity index (χ0v) is 21.2. The summed E-state index contributed by atoms with van der Waals surface area (Å²) < 4.78 is 0. The van der Waals surface area contributed by atoms with Gasteiger partial charge in [0.25, 0.3) is 0 Å². The molecule has 0 aliphatic carbocycles. The summed E-state index contributed by atoms with van der Waals surface area (Å²) in [5, 5.41) is 16.0. The number of amides is 1. The number of aliphatic imine (C=N–C) groups is 1. The van der Waals surface area contributed by atoms with Gasteiger partial charge in [0.1, 0.15) is 5.92 Å². The second-order valence-electron chi connectivity index (χ2n) is 9.44. The SMILES string of the molecule is O=C(O)CCc1cccc(C(=Nc2ccc(CN3CCNCC3)cc2)C2C(=O)Nc3cc(Cl)ccc32)c1. The summed E-state index contributed by atoms with van der Waals surface area (Å²) in [4.78, 5) is 31.7. The first-order valence-electron chi connectivity index (χ1n) is 12.5. The molecule has 190 valence electrons. The number of nitrogens with one attached hydrogen (secondary N) is 2. The van der Waals surface area contributed by atoms with Crippen LogP contribution < -0.4 is 10.6 Å². The molecule has 0 radical (unpaired) electrons. The first-order valence-corrected chi connectivity index (χ1v) is 12.9. The van der Waals surface area contributed by atoms with Gasteiger partial charge >= 0.3 is 5.97 Å². The first-order chi connectivity index (χ1) is 18.0. The van der Waals surface area contributed by atoms with Crippen molar-refractivity contribution in [2.45, 2.75) is 25.3 Å². The second-order valence-corrected chi connectivity index (χ2v) is 9.87. The van der Waals surface area contributed by atoms with Crippen molar-refractivity contribution >= 4 is 40.6 Å². The summed E-state index contributed by atoms with van der Waals surface area (Å²) in [6.07, 6.45) is 0.440. The number of nitrogens with zero attached hydrogens (tertiary/aromatic N) is 2. The predicted molar refractivity (Wildman–Crippen MR) is 146 cm³/mol. The van der Waals surface area contributed by atoms with E-state index in [4.69, 9.17) is 21.7 Å². The van der Waals surface area contributed by atoms with Gasteiger partial charge in [0, 0.05) is 49.9 Å². The largest absolute Gasteiger partial charge is 0.481 e. The monoisotopic (exact) mass is 516 g/mol. The van der Waals surface area contributed by atoms with Crippen LogP contribution in [0.5, 0.6) is 0 Å². The van der Waals surface area contributed by atoms with Crippen LogP contribution in [-0.4, -0.2) is 53.8 Å². The van der Waals surface area contributed by atoms with Crippen molar-refractivity contribution in [2.75, 3.05) is 31.5 Å². The fraction of sp³-hybridized carbons (Fsp3) is 0.276. The second kappa shape index (κ2) is 11.3. The highest BCUT2D eigenvalue weighted by Gasteiger charge is 2.35. The highest BCUT2D eigenvalue weighted by molar-refractivity contribution is 6.31. The van der Waals surface area contributed by atoms with Gasteiger partial charge in [-0.15, -0.1) is 0 Å². The number of carbonyl (C=O) groups excluding carboxylic acids is 1.